The second kappa shape index (κ2) is 29.2. The minimum atomic E-state index is -1.54. The van der Waals surface area contributed by atoms with E-state index in [1.165, 1.54) is 41.1 Å². The fourth-order valence-electron chi connectivity index (χ4n) is 9.87. The molecule has 9 rings (SSSR count). The van der Waals surface area contributed by atoms with Crippen molar-refractivity contribution < 1.29 is 107 Å². The first kappa shape index (κ1) is 62.9. The van der Waals surface area contributed by atoms with E-state index >= 15 is 0 Å². The summed E-state index contributed by atoms with van der Waals surface area (Å²) in [7, 11) is 0. The number of benzene rings is 4. The molecule has 5 aromatic rings. The molecule has 29 nitrogen and oxygen atoms in total. The number of esters is 1. The number of nitrogens with one attached hydrogen (secondary N) is 3. The van der Waals surface area contributed by atoms with Gasteiger partial charge in [0.05, 0.1) is 77.2 Å². The van der Waals surface area contributed by atoms with Gasteiger partial charge in [0.2, 0.25) is 17.7 Å². The van der Waals surface area contributed by atoms with Crippen LogP contribution in [0.15, 0.2) is 85.1 Å². The van der Waals surface area contributed by atoms with E-state index in [0.29, 0.717) is 60.4 Å². The predicted octanol–water partition coefficient (Wildman–Crippen LogP) is 0.305. The molecule has 0 unspecified atom stereocenters. The average Bonchev–Trinajstić information content (AvgIpc) is 1.69. The lowest BCUT2D eigenvalue weighted by molar-refractivity contribution is -0.300. The molecule has 0 aliphatic carbocycles. The van der Waals surface area contributed by atoms with E-state index < -0.39 is 97.0 Å². The Morgan fingerprint density at radius 2 is 1.39 bits per heavy atom. The van der Waals surface area contributed by atoms with Gasteiger partial charge in [-0.25, -0.2) is 14.3 Å². The third-order valence-electron chi connectivity index (χ3n) is 14.3. The van der Waals surface area contributed by atoms with Gasteiger partial charge in [-0.15, -0.1) is 10.2 Å². The molecule has 4 aliphatic rings. The smallest absolute Gasteiger partial charge is 0.340 e. The number of hydrogen-bond donors (Lipinski definition) is 9. The fourth-order valence-corrected chi connectivity index (χ4v) is 9.87. The fraction of sp³-hybridized carbons (Fsp3) is 0.431. The summed E-state index contributed by atoms with van der Waals surface area (Å²) >= 11 is 0. The number of hydrogen-bond acceptors (Lipinski definition) is 24. The van der Waals surface area contributed by atoms with Gasteiger partial charge in [-0.3, -0.25) is 24.0 Å². The van der Waals surface area contributed by atoms with Gasteiger partial charge in [0.15, 0.2) is 11.9 Å². The first-order valence-corrected chi connectivity index (χ1v) is 27.9. The zero-order valence-corrected chi connectivity index (χ0v) is 46.8. The van der Waals surface area contributed by atoms with Crippen LogP contribution in [0, 0.1) is 0 Å². The largest absolute Gasteiger partial charge is 0.508 e. The number of fused-ring (bicyclic) bond motifs is 6. The van der Waals surface area contributed by atoms with Gasteiger partial charge in [0, 0.05) is 72.8 Å². The molecule has 29 heteroatoms. The van der Waals surface area contributed by atoms with E-state index in [0.717, 1.165) is 5.56 Å². The molecule has 0 radical (unpaired) electrons. The number of phenols is 2. The van der Waals surface area contributed by atoms with Crippen LogP contribution in [-0.4, -0.2) is 195 Å². The minimum absolute atomic E-state index is 0.0696. The molecule has 464 valence electrons. The number of carbonyl (C=O) groups is 7. The zero-order valence-electron chi connectivity index (χ0n) is 46.8. The normalized spacial score (nSPS) is 19.3. The third-order valence-corrected chi connectivity index (χ3v) is 14.3. The Kier molecular flexibility index (Phi) is 21.1. The topological polar surface area (TPSA) is 394 Å². The van der Waals surface area contributed by atoms with E-state index in [1.54, 1.807) is 36.5 Å². The average molecular weight is 1210 g/mol. The van der Waals surface area contributed by atoms with Gasteiger partial charge in [-0.05, 0) is 66.9 Å². The van der Waals surface area contributed by atoms with E-state index in [4.69, 9.17) is 42.7 Å². The Morgan fingerprint density at radius 1 is 0.736 bits per heavy atom. The van der Waals surface area contributed by atoms with Crippen molar-refractivity contribution in [2.75, 3.05) is 71.3 Å². The molecule has 0 saturated carbocycles. The van der Waals surface area contributed by atoms with Crippen molar-refractivity contribution in [3.63, 3.8) is 0 Å². The number of ether oxygens (including phenoxy) is 8. The monoisotopic (exact) mass is 1210 g/mol. The Labute approximate surface area is 495 Å². The number of phenolic OH excluding ortho intramolecular Hbond substituents is 2. The molecule has 9 N–H and O–H groups in total. The van der Waals surface area contributed by atoms with Crippen molar-refractivity contribution in [2.45, 2.75) is 93.8 Å². The number of aliphatic hydroxyl groups is 4. The Hall–Kier alpha value is -8.65. The van der Waals surface area contributed by atoms with Crippen LogP contribution in [0.25, 0.3) is 0 Å². The van der Waals surface area contributed by atoms with Crippen molar-refractivity contribution in [3.05, 3.63) is 119 Å². The van der Waals surface area contributed by atoms with Crippen LogP contribution in [0.2, 0.25) is 0 Å². The van der Waals surface area contributed by atoms with Crippen molar-refractivity contribution in [2.24, 2.45) is 0 Å². The number of imide groups is 1. The van der Waals surface area contributed by atoms with Crippen LogP contribution >= 0.6 is 0 Å². The predicted molar refractivity (Wildman–Crippen MR) is 294 cm³/mol. The zero-order chi connectivity index (χ0) is 61.6. The van der Waals surface area contributed by atoms with Crippen LogP contribution in [-0.2, 0) is 87.0 Å². The molecule has 87 heavy (non-hydrogen) atoms. The van der Waals surface area contributed by atoms with Gasteiger partial charge < -0.3 is 89.3 Å². The lowest BCUT2D eigenvalue weighted by Gasteiger charge is -2.39. The summed E-state index contributed by atoms with van der Waals surface area (Å²) in [5, 5.41) is 76.3. The molecular weight excluding hydrogens is 1150 g/mol. The second-order valence-electron chi connectivity index (χ2n) is 20.4. The lowest BCUT2D eigenvalue weighted by Crippen LogP contribution is -2.59. The molecule has 5 heterocycles. The van der Waals surface area contributed by atoms with E-state index in [2.05, 4.69) is 26.3 Å². The molecule has 5 amide bonds. The molecule has 1 spiro atoms. The molecule has 2 fully saturated rings. The van der Waals surface area contributed by atoms with Gasteiger partial charge in [0.25, 0.3) is 11.8 Å². The highest BCUT2D eigenvalue weighted by molar-refractivity contribution is 6.02. The molecule has 2 saturated heterocycles. The summed E-state index contributed by atoms with van der Waals surface area (Å²) in [6, 6.07) is 19.2. The third kappa shape index (κ3) is 15.7. The van der Waals surface area contributed by atoms with Gasteiger partial charge in [0.1, 0.15) is 65.8 Å². The summed E-state index contributed by atoms with van der Waals surface area (Å²) < 4.78 is 47.1. The van der Waals surface area contributed by atoms with Gasteiger partial charge in [-0.2, -0.15) is 0 Å². The van der Waals surface area contributed by atoms with Crippen molar-refractivity contribution in [3.8, 4) is 28.7 Å². The highest BCUT2D eigenvalue weighted by atomic mass is 16.7. The Balaban J connectivity index is 0.695. The molecule has 1 aromatic heterocycles. The van der Waals surface area contributed by atoms with E-state index in [-0.39, 0.29) is 111 Å². The number of aromatic hydroxyl groups is 2. The number of anilines is 1. The van der Waals surface area contributed by atoms with E-state index in [9.17, 15) is 64.2 Å². The summed E-state index contributed by atoms with van der Waals surface area (Å²) in [6.07, 6.45) is -5.70. The summed E-state index contributed by atoms with van der Waals surface area (Å²) in [4.78, 5) is 95.0. The van der Waals surface area contributed by atoms with Crippen LogP contribution in [0.1, 0.15) is 70.4 Å². The molecule has 6 atom stereocenters. The van der Waals surface area contributed by atoms with Crippen LogP contribution in [0.5, 0.6) is 28.7 Å². The molecule has 0 bridgehead atoms. The number of aliphatic hydroxyl groups excluding tert-OH is 4. The Morgan fingerprint density at radius 3 is 2.07 bits per heavy atom. The van der Waals surface area contributed by atoms with E-state index in [1.807, 2.05) is 12.1 Å². The number of carbonyl (C=O) groups excluding carboxylic acids is 7. The van der Waals surface area contributed by atoms with Gasteiger partial charge in [-0.1, -0.05) is 23.4 Å². The summed E-state index contributed by atoms with van der Waals surface area (Å²) in [6.45, 7) is 1.26. The first-order valence-electron chi connectivity index (χ1n) is 27.9. The highest BCUT2D eigenvalue weighted by Gasteiger charge is 2.54. The number of nitrogens with zero attached hydrogens (tertiary/aromatic N) is 4. The quantitative estimate of drug-likeness (QED) is 0.0170. The van der Waals surface area contributed by atoms with Gasteiger partial charge >= 0.3 is 11.9 Å². The number of amides is 5. The molecule has 4 aromatic carbocycles. The second-order valence-corrected chi connectivity index (χ2v) is 20.4. The maximum Gasteiger partial charge on any atom is 0.340 e. The number of rotatable bonds is 30. The highest BCUT2D eigenvalue weighted by Crippen LogP contribution is 2.57. The lowest BCUT2D eigenvalue weighted by atomic mass is 9.77. The SMILES string of the molecule is O=C(CNC(=O)[C@H](Cc1cn(CCOCCOCCOCCOc2ccc(CCO[C@@H]3O[C@H](CO)[C@@H](O)[C@H](O)[C@H]3O)cc2)nn1)NC(=O)CCCC(=O)ON1C(=O)CCC1=O)Nc1ccc2c(c1)C(=O)OC21c2ccc(O)cc2Oc2cc(O)ccc21. The maximum atomic E-state index is 13.8. The van der Waals surface area contributed by atoms with Crippen molar-refractivity contribution >= 4 is 47.2 Å². The molecular formula is C58H65N7O22. The van der Waals surface area contributed by atoms with Crippen LogP contribution < -0.4 is 25.4 Å². The summed E-state index contributed by atoms with van der Waals surface area (Å²) in [5.74, 6) is -4.31. The van der Waals surface area contributed by atoms with Crippen molar-refractivity contribution in [1.82, 2.24) is 30.7 Å². The summed E-state index contributed by atoms with van der Waals surface area (Å²) in [5.41, 5.74) is 1.15. The first-order chi connectivity index (χ1) is 42.0. The minimum Gasteiger partial charge on any atom is -0.508 e. The van der Waals surface area contributed by atoms with Crippen molar-refractivity contribution in [1.29, 1.82) is 0 Å². The molecule has 4 aliphatic heterocycles. The maximum absolute atomic E-state index is 13.8. The number of aromatic nitrogens is 3. The Bertz CT molecular complexity index is 3220. The van der Waals surface area contributed by atoms with Crippen LogP contribution in [0.3, 0.4) is 0 Å². The van der Waals surface area contributed by atoms with Crippen LogP contribution in [0.4, 0.5) is 5.69 Å². The standard InChI is InChI=1S/C58H65N7O22/c66-32-46-52(74)53(75)54(76)57(85-46)83-18-16-33-4-9-38(10-5-33)82-25-24-81-23-22-80-21-20-79-19-17-64-31-35(62-63-64)27-43(61-47(69)2-1-3-51(73)87-65-49(71)14-15-50(65)72)55(77)59-30-48(70)60-34-6-11-40-39(26-34)56(78)86-58(40)41-12-7-36(67)28-44(41)84-45-29-37(68)8-13-42(45)58/h4-13,26,28-29,31,43,46,52-54,57,66-68,74-76H,1-3,14-25,27,30,32H2,(H,59,77)(H,60,70)(H,61,69)/t43-,46+,52+,53-,54+,57+/m0/s1. The number of hydroxylamine groups is 2.